The number of carbonyl (C=O) groups is 1. The molecular formula is C7H3Br3O3. The van der Waals surface area contributed by atoms with Gasteiger partial charge in [0.05, 0.1) is 8.95 Å². The molecule has 0 amide bonds. The number of carboxylic acid groups (broad SMARTS) is 1. The zero-order chi connectivity index (χ0) is 10.0. The van der Waals surface area contributed by atoms with Gasteiger partial charge in [-0.3, -0.25) is 0 Å². The number of benzene rings is 1. The van der Waals surface area contributed by atoms with E-state index in [0.29, 0.717) is 8.95 Å². The maximum absolute atomic E-state index is 10.3. The summed E-state index contributed by atoms with van der Waals surface area (Å²) < 4.78 is 6.49. The zero-order valence-electron chi connectivity index (χ0n) is 6.05. The average molecular weight is 375 g/mol. The molecule has 1 N–H and O–H groups in total. The Bertz CT molecular complexity index is 328. The Kier molecular flexibility index (Phi) is 3.75. The molecule has 0 aliphatic heterocycles. The average Bonchev–Trinajstić information content (AvgIpc) is 1.96. The van der Waals surface area contributed by atoms with Crippen LogP contribution in [0.1, 0.15) is 0 Å². The molecule has 3 nitrogen and oxygen atoms in total. The lowest BCUT2D eigenvalue weighted by Crippen LogP contribution is -2.04. The fraction of sp³-hybridized carbons (Fsp3) is 0. The Morgan fingerprint density at radius 1 is 1.23 bits per heavy atom. The van der Waals surface area contributed by atoms with Gasteiger partial charge in [-0.2, -0.15) is 0 Å². The highest BCUT2D eigenvalue weighted by molar-refractivity contribution is 9.11. The van der Waals surface area contributed by atoms with Gasteiger partial charge in [0.2, 0.25) is 0 Å². The van der Waals surface area contributed by atoms with E-state index in [2.05, 4.69) is 52.5 Å². The molecule has 0 bridgehead atoms. The van der Waals surface area contributed by atoms with Crippen LogP contribution in [0.5, 0.6) is 5.75 Å². The summed E-state index contributed by atoms with van der Waals surface area (Å²) in [5, 5.41) is 8.41. The Hall–Kier alpha value is -0.0700. The van der Waals surface area contributed by atoms with Crippen LogP contribution in [0.15, 0.2) is 25.6 Å². The van der Waals surface area contributed by atoms with Crippen LogP contribution >= 0.6 is 47.8 Å². The highest BCUT2D eigenvalue weighted by Crippen LogP contribution is 2.36. The maximum atomic E-state index is 10.3. The largest absolute Gasteiger partial charge is 0.511 e. The number of rotatable bonds is 1. The van der Waals surface area contributed by atoms with Crippen molar-refractivity contribution in [1.29, 1.82) is 0 Å². The molecule has 70 valence electrons. The topological polar surface area (TPSA) is 46.5 Å². The van der Waals surface area contributed by atoms with E-state index in [-0.39, 0.29) is 5.75 Å². The summed E-state index contributed by atoms with van der Waals surface area (Å²) in [6.45, 7) is 0. The molecule has 0 saturated carbocycles. The van der Waals surface area contributed by atoms with Crippen molar-refractivity contribution in [2.24, 2.45) is 0 Å². The molecule has 0 aliphatic rings. The summed E-state index contributed by atoms with van der Waals surface area (Å²) in [7, 11) is 0. The Morgan fingerprint density at radius 3 is 2.08 bits per heavy atom. The molecule has 1 rings (SSSR count). The smallest absolute Gasteiger partial charge is 0.449 e. The Morgan fingerprint density at radius 2 is 1.69 bits per heavy atom. The van der Waals surface area contributed by atoms with E-state index < -0.39 is 6.16 Å². The Labute approximate surface area is 99.5 Å². The van der Waals surface area contributed by atoms with Crippen LogP contribution in [0.3, 0.4) is 0 Å². The van der Waals surface area contributed by atoms with Crippen LogP contribution in [0.25, 0.3) is 0 Å². The van der Waals surface area contributed by atoms with Gasteiger partial charge in [-0.25, -0.2) is 4.79 Å². The second kappa shape index (κ2) is 4.43. The molecule has 1 aromatic carbocycles. The van der Waals surface area contributed by atoms with Gasteiger partial charge >= 0.3 is 6.16 Å². The molecule has 0 radical (unpaired) electrons. The highest BCUT2D eigenvalue weighted by Gasteiger charge is 2.11. The van der Waals surface area contributed by atoms with E-state index in [1.807, 2.05) is 0 Å². The summed E-state index contributed by atoms with van der Waals surface area (Å²) in [5.41, 5.74) is 0. The van der Waals surface area contributed by atoms with Crippen LogP contribution in [0, 0.1) is 0 Å². The second-order valence-electron chi connectivity index (χ2n) is 2.07. The third-order valence-electron chi connectivity index (χ3n) is 1.15. The zero-order valence-corrected chi connectivity index (χ0v) is 10.8. The standard InChI is InChI=1S/C7H3Br3O3/c8-3-1-4(9)6(5(10)2-3)13-7(11)12/h1-2H,(H,11,12). The third-order valence-corrected chi connectivity index (χ3v) is 2.79. The molecule has 0 spiro atoms. The SMILES string of the molecule is O=C(O)Oc1c(Br)cc(Br)cc1Br. The van der Waals surface area contributed by atoms with Crippen LogP contribution in [-0.2, 0) is 0 Å². The Balaban J connectivity index is 3.13. The van der Waals surface area contributed by atoms with Gasteiger partial charge < -0.3 is 9.84 Å². The highest BCUT2D eigenvalue weighted by atomic mass is 79.9. The molecule has 0 saturated heterocycles. The van der Waals surface area contributed by atoms with Crippen molar-refractivity contribution in [3.05, 3.63) is 25.6 Å². The summed E-state index contributed by atoms with van der Waals surface area (Å²) in [6.07, 6.45) is -1.34. The molecule has 6 heteroatoms. The van der Waals surface area contributed by atoms with Gasteiger partial charge in [0.1, 0.15) is 0 Å². The van der Waals surface area contributed by atoms with E-state index in [1.54, 1.807) is 12.1 Å². The molecule has 0 heterocycles. The van der Waals surface area contributed by atoms with Crippen LogP contribution in [-0.4, -0.2) is 11.3 Å². The minimum Gasteiger partial charge on any atom is -0.449 e. The number of halogens is 3. The summed E-state index contributed by atoms with van der Waals surface area (Å²) >= 11 is 9.61. The van der Waals surface area contributed by atoms with Crippen molar-refractivity contribution >= 4 is 53.9 Å². The predicted molar refractivity (Wildman–Crippen MR) is 58.2 cm³/mol. The monoisotopic (exact) mass is 372 g/mol. The molecular weight excluding hydrogens is 372 g/mol. The molecule has 0 atom stereocenters. The number of hydrogen-bond donors (Lipinski definition) is 1. The van der Waals surface area contributed by atoms with E-state index in [9.17, 15) is 4.79 Å². The lowest BCUT2D eigenvalue weighted by molar-refractivity contribution is 0.144. The second-order valence-corrected chi connectivity index (χ2v) is 4.69. The number of hydrogen-bond acceptors (Lipinski definition) is 2. The summed E-state index contributed by atoms with van der Waals surface area (Å²) in [5.74, 6) is 0.246. The van der Waals surface area contributed by atoms with Crippen molar-refractivity contribution in [2.75, 3.05) is 0 Å². The van der Waals surface area contributed by atoms with Gasteiger partial charge in [-0.05, 0) is 44.0 Å². The maximum Gasteiger partial charge on any atom is 0.511 e. The fourth-order valence-corrected chi connectivity index (χ4v) is 3.13. The fourth-order valence-electron chi connectivity index (χ4n) is 0.714. The van der Waals surface area contributed by atoms with Crippen LogP contribution in [0.2, 0.25) is 0 Å². The molecule has 0 fully saturated rings. The van der Waals surface area contributed by atoms with E-state index >= 15 is 0 Å². The van der Waals surface area contributed by atoms with E-state index in [4.69, 9.17) is 5.11 Å². The van der Waals surface area contributed by atoms with Crippen molar-refractivity contribution in [3.63, 3.8) is 0 Å². The molecule has 1 aromatic rings. The van der Waals surface area contributed by atoms with E-state index in [1.165, 1.54) is 0 Å². The normalized spacial score (nSPS) is 9.77. The van der Waals surface area contributed by atoms with Gasteiger partial charge in [0.15, 0.2) is 5.75 Å². The van der Waals surface area contributed by atoms with Crippen molar-refractivity contribution < 1.29 is 14.6 Å². The van der Waals surface area contributed by atoms with Gasteiger partial charge in [0.25, 0.3) is 0 Å². The van der Waals surface area contributed by atoms with Gasteiger partial charge in [-0.1, -0.05) is 15.9 Å². The van der Waals surface area contributed by atoms with Gasteiger partial charge in [-0.15, -0.1) is 0 Å². The predicted octanol–water partition coefficient (Wildman–Crippen LogP) is 4.03. The quantitative estimate of drug-likeness (QED) is 0.596. The van der Waals surface area contributed by atoms with Crippen molar-refractivity contribution in [2.45, 2.75) is 0 Å². The minimum absolute atomic E-state index is 0.246. The molecule has 0 aliphatic carbocycles. The first-order valence-electron chi connectivity index (χ1n) is 3.06. The van der Waals surface area contributed by atoms with Gasteiger partial charge in [0, 0.05) is 4.47 Å². The van der Waals surface area contributed by atoms with Crippen molar-refractivity contribution in [3.8, 4) is 5.75 Å². The van der Waals surface area contributed by atoms with Crippen LogP contribution in [0.4, 0.5) is 4.79 Å². The first-order valence-corrected chi connectivity index (χ1v) is 5.44. The van der Waals surface area contributed by atoms with Crippen molar-refractivity contribution in [1.82, 2.24) is 0 Å². The minimum atomic E-state index is -1.34. The molecule has 13 heavy (non-hydrogen) atoms. The molecule has 0 aromatic heterocycles. The van der Waals surface area contributed by atoms with Crippen LogP contribution < -0.4 is 4.74 Å². The third kappa shape index (κ3) is 2.96. The van der Waals surface area contributed by atoms with E-state index in [0.717, 1.165) is 4.47 Å². The summed E-state index contributed by atoms with van der Waals surface area (Å²) in [4.78, 5) is 10.3. The summed E-state index contributed by atoms with van der Waals surface area (Å²) in [6, 6.07) is 3.39. The molecule has 0 unspecified atom stereocenters. The first-order chi connectivity index (χ1) is 6.00. The lowest BCUT2D eigenvalue weighted by Gasteiger charge is -2.05. The first kappa shape index (κ1) is 11.0. The lowest BCUT2D eigenvalue weighted by atomic mass is 10.3. The number of ether oxygens (including phenoxy) is 1.